The summed E-state index contributed by atoms with van der Waals surface area (Å²) < 4.78 is 0. The summed E-state index contributed by atoms with van der Waals surface area (Å²) in [6, 6.07) is 9.79. The number of halogens is 1. The molecular weight excluding hydrogens is 336 g/mol. The number of carbonyl (C=O) groups excluding carboxylic acids is 2. The largest absolute Gasteiger partial charge is 0.396 e. The van der Waals surface area contributed by atoms with E-state index in [0.717, 1.165) is 11.3 Å². The van der Waals surface area contributed by atoms with Gasteiger partial charge in [0.15, 0.2) is 0 Å². The molecule has 1 aromatic carbocycles. The van der Waals surface area contributed by atoms with Gasteiger partial charge in [0.2, 0.25) is 11.7 Å². The fourth-order valence-corrected chi connectivity index (χ4v) is 2.96. The number of amides is 1. The molecule has 0 fully saturated rings. The number of hydrogen-bond donors (Lipinski definition) is 2. The van der Waals surface area contributed by atoms with E-state index in [-0.39, 0.29) is 33.3 Å². The highest BCUT2D eigenvalue weighted by molar-refractivity contribution is 7.19. The first kappa shape index (κ1) is 16.5. The fraction of sp³-hybridized carbons (Fsp3) is 0.0667. The average Bonchev–Trinajstić information content (AvgIpc) is 2.83. The topological polar surface area (TPSA) is 120 Å². The van der Waals surface area contributed by atoms with E-state index < -0.39 is 5.91 Å². The van der Waals surface area contributed by atoms with Gasteiger partial charge in [0.1, 0.15) is 27.9 Å². The van der Waals surface area contributed by atoms with Crippen molar-refractivity contribution < 1.29 is 9.59 Å². The molecule has 1 heterocycles. The highest BCUT2D eigenvalue weighted by Crippen LogP contribution is 2.36. The summed E-state index contributed by atoms with van der Waals surface area (Å²) >= 11 is 6.68. The molecule has 0 aliphatic carbocycles. The van der Waals surface area contributed by atoms with E-state index in [1.807, 2.05) is 6.07 Å². The maximum Gasteiger partial charge on any atom is 0.239 e. The Morgan fingerprint density at radius 1 is 1.26 bits per heavy atom. The van der Waals surface area contributed by atoms with Gasteiger partial charge in [-0.25, -0.2) is 0 Å². The highest BCUT2D eigenvalue weighted by Gasteiger charge is 2.23. The summed E-state index contributed by atoms with van der Waals surface area (Å²) in [7, 11) is 0. The summed E-state index contributed by atoms with van der Waals surface area (Å²) in [5.41, 5.74) is 6.24. The molecule has 0 atom stereocenters. The highest BCUT2D eigenvalue weighted by atomic mass is 35.5. The van der Waals surface area contributed by atoms with Gasteiger partial charge in [-0.15, -0.1) is 11.3 Å². The molecule has 0 aliphatic heterocycles. The molecule has 1 aromatic heterocycles. The standard InChI is InChI=1S/C15H9ClN4O2S/c16-9-3-1-8(2-4-9)13(22)14-12(19)10(7-18)15(23-14)20-11(21)5-6-17/h1-4H,5,19H2,(H,20,21). The molecule has 0 spiro atoms. The number of nitrogens with one attached hydrogen (secondary N) is 1. The summed E-state index contributed by atoms with van der Waals surface area (Å²) in [5.74, 6) is -0.947. The van der Waals surface area contributed by atoms with Crippen LogP contribution in [0.3, 0.4) is 0 Å². The molecule has 0 saturated carbocycles. The monoisotopic (exact) mass is 344 g/mol. The number of thiophene rings is 1. The number of nitriles is 2. The minimum absolute atomic E-state index is 0.00436. The number of anilines is 2. The first-order valence-corrected chi connectivity index (χ1v) is 7.46. The zero-order valence-electron chi connectivity index (χ0n) is 11.6. The lowest BCUT2D eigenvalue weighted by atomic mass is 10.1. The number of nitrogen functional groups attached to an aromatic ring is 1. The number of rotatable bonds is 4. The van der Waals surface area contributed by atoms with Crippen molar-refractivity contribution in [3.05, 3.63) is 45.3 Å². The molecule has 0 saturated heterocycles. The summed E-state index contributed by atoms with van der Waals surface area (Å²) in [5, 5.41) is 20.7. The molecule has 0 aliphatic rings. The van der Waals surface area contributed by atoms with Crippen LogP contribution in [0.5, 0.6) is 0 Å². The predicted molar refractivity (Wildman–Crippen MR) is 87.2 cm³/mol. The SMILES string of the molecule is N#CCC(=O)Nc1sc(C(=O)c2ccc(Cl)cc2)c(N)c1C#N. The molecule has 1 amide bonds. The zero-order valence-corrected chi connectivity index (χ0v) is 13.2. The second-order valence-electron chi connectivity index (χ2n) is 4.38. The normalized spacial score (nSPS) is 9.70. The van der Waals surface area contributed by atoms with E-state index in [9.17, 15) is 14.9 Å². The Bertz CT molecular complexity index is 859. The fourth-order valence-electron chi connectivity index (χ4n) is 1.79. The number of nitrogens with two attached hydrogens (primary N) is 1. The lowest BCUT2D eigenvalue weighted by Crippen LogP contribution is -2.09. The van der Waals surface area contributed by atoms with Crippen molar-refractivity contribution in [2.45, 2.75) is 6.42 Å². The van der Waals surface area contributed by atoms with Gasteiger partial charge in [-0.2, -0.15) is 10.5 Å². The van der Waals surface area contributed by atoms with Crippen LogP contribution in [0.25, 0.3) is 0 Å². The Morgan fingerprint density at radius 3 is 2.48 bits per heavy atom. The van der Waals surface area contributed by atoms with Crippen molar-refractivity contribution in [1.82, 2.24) is 0 Å². The Hall–Kier alpha value is -2.87. The lowest BCUT2D eigenvalue weighted by molar-refractivity contribution is -0.115. The first-order valence-electron chi connectivity index (χ1n) is 6.27. The van der Waals surface area contributed by atoms with Gasteiger partial charge >= 0.3 is 0 Å². The number of hydrogen-bond acceptors (Lipinski definition) is 6. The summed E-state index contributed by atoms with van der Waals surface area (Å²) in [6.07, 6.45) is -0.358. The third kappa shape index (κ3) is 3.49. The molecule has 23 heavy (non-hydrogen) atoms. The Kier molecular flexibility index (Phi) is 4.97. The van der Waals surface area contributed by atoms with Crippen molar-refractivity contribution in [3.8, 4) is 12.1 Å². The van der Waals surface area contributed by atoms with Crippen LogP contribution < -0.4 is 11.1 Å². The molecule has 2 aromatic rings. The summed E-state index contributed by atoms with van der Waals surface area (Å²) in [4.78, 5) is 24.1. The number of carbonyl (C=O) groups is 2. The molecule has 0 bridgehead atoms. The predicted octanol–water partition coefficient (Wildman–Crippen LogP) is 2.94. The Morgan fingerprint density at radius 2 is 1.91 bits per heavy atom. The van der Waals surface area contributed by atoms with E-state index in [1.54, 1.807) is 30.3 Å². The third-order valence-corrected chi connectivity index (χ3v) is 4.23. The lowest BCUT2D eigenvalue weighted by Gasteiger charge is -1.99. The zero-order chi connectivity index (χ0) is 17.0. The van der Waals surface area contributed by atoms with Crippen LogP contribution in [0, 0.1) is 22.7 Å². The average molecular weight is 345 g/mol. The van der Waals surface area contributed by atoms with Gasteiger partial charge in [-0.3, -0.25) is 9.59 Å². The van der Waals surface area contributed by atoms with E-state index in [4.69, 9.17) is 22.6 Å². The second-order valence-corrected chi connectivity index (χ2v) is 5.84. The Labute approximate surface area is 140 Å². The van der Waals surface area contributed by atoms with Crippen LogP contribution in [-0.2, 0) is 4.79 Å². The minimum atomic E-state index is -0.573. The van der Waals surface area contributed by atoms with Crippen LogP contribution in [0.1, 0.15) is 27.2 Å². The third-order valence-electron chi connectivity index (χ3n) is 2.86. The van der Waals surface area contributed by atoms with Gasteiger partial charge in [0.25, 0.3) is 0 Å². The molecule has 0 radical (unpaired) electrons. The van der Waals surface area contributed by atoms with Gasteiger partial charge in [-0.05, 0) is 24.3 Å². The van der Waals surface area contributed by atoms with Crippen molar-refractivity contribution in [2.75, 3.05) is 11.1 Å². The maximum atomic E-state index is 12.5. The number of benzene rings is 1. The molecular formula is C15H9ClN4O2S. The van der Waals surface area contributed by atoms with E-state index in [1.165, 1.54) is 0 Å². The van der Waals surface area contributed by atoms with Crippen LogP contribution in [0.2, 0.25) is 5.02 Å². The molecule has 114 valence electrons. The van der Waals surface area contributed by atoms with Crippen LogP contribution in [0.15, 0.2) is 24.3 Å². The molecule has 0 unspecified atom stereocenters. The Balaban J connectivity index is 2.40. The second kappa shape index (κ2) is 6.93. The smallest absolute Gasteiger partial charge is 0.239 e. The maximum absolute atomic E-state index is 12.5. The number of nitrogens with zero attached hydrogens (tertiary/aromatic N) is 2. The quantitative estimate of drug-likeness (QED) is 0.826. The van der Waals surface area contributed by atoms with Crippen molar-refractivity contribution >= 4 is 45.3 Å². The molecule has 2 rings (SSSR count). The van der Waals surface area contributed by atoms with Gasteiger partial charge < -0.3 is 11.1 Å². The molecule has 8 heteroatoms. The van der Waals surface area contributed by atoms with E-state index in [0.29, 0.717) is 10.6 Å². The van der Waals surface area contributed by atoms with Crippen molar-refractivity contribution in [1.29, 1.82) is 10.5 Å². The van der Waals surface area contributed by atoms with E-state index in [2.05, 4.69) is 5.32 Å². The molecule has 6 nitrogen and oxygen atoms in total. The first-order chi connectivity index (χ1) is 11.0. The van der Waals surface area contributed by atoms with Gasteiger partial charge in [0, 0.05) is 10.6 Å². The minimum Gasteiger partial charge on any atom is -0.396 e. The number of ketones is 1. The van der Waals surface area contributed by atoms with Crippen molar-refractivity contribution in [2.24, 2.45) is 0 Å². The van der Waals surface area contributed by atoms with Crippen LogP contribution in [0.4, 0.5) is 10.7 Å². The van der Waals surface area contributed by atoms with Gasteiger partial charge in [-0.1, -0.05) is 11.6 Å². The van der Waals surface area contributed by atoms with E-state index >= 15 is 0 Å². The van der Waals surface area contributed by atoms with Crippen LogP contribution >= 0.6 is 22.9 Å². The molecule has 3 N–H and O–H groups in total. The van der Waals surface area contributed by atoms with Crippen LogP contribution in [-0.4, -0.2) is 11.7 Å². The van der Waals surface area contributed by atoms with Crippen molar-refractivity contribution in [3.63, 3.8) is 0 Å². The summed E-state index contributed by atoms with van der Waals surface area (Å²) in [6.45, 7) is 0. The van der Waals surface area contributed by atoms with Gasteiger partial charge in [0.05, 0.1) is 11.8 Å².